The molecule has 5 heteroatoms. The van der Waals surface area contributed by atoms with Gasteiger partial charge in [-0.15, -0.1) is 0 Å². The Labute approximate surface area is 116 Å². The van der Waals surface area contributed by atoms with Gasteiger partial charge in [0.2, 0.25) is 10.0 Å². The molecule has 1 aromatic rings. The van der Waals surface area contributed by atoms with Crippen LogP contribution >= 0.6 is 0 Å². The van der Waals surface area contributed by atoms with E-state index in [4.69, 9.17) is 5.73 Å². The van der Waals surface area contributed by atoms with Crippen LogP contribution in [0.4, 0.5) is 0 Å². The molecule has 108 valence electrons. The molecule has 0 atom stereocenters. The zero-order chi connectivity index (χ0) is 14.4. The summed E-state index contributed by atoms with van der Waals surface area (Å²) in [7, 11) is -3.30. The van der Waals surface area contributed by atoms with Crippen molar-refractivity contribution in [3.8, 4) is 0 Å². The molecule has 3 N–H and O–H groups in total. The molecule has 19 heavy (non-hydrogen) atoms. The minimum atomic E-state index is -3.30. The smallest absolute Gasteiger partial charge is 0.215 e. The Bertz CT molecular complexity index is 459. The third kappa shape index (κ3) is 4.93. The van der Waals surface area contributed by atoms with Gasteiger partial charge in [-0.05, 0) is 30.4 Å². The van der Waals surface area contributed by atoms with E-state index in [0.29, 0.717) is 13.1 Å². The summed E-state index contributed by atoms with van der Waals surface area (Å²) in [6, 6.07) is 9.18. The second-order valence-electron chi connectivity index (χ2n) is 4.98. The Balaban J connectivity index is 2.65. The van der Waals surface area contributed by atoms with E-state index in [1.54, 1.807) is 0 Å². The largest absolute Gasteiger partial charge is 0.330 e. The van der Waals surface area contributed by atoms with E-state index in [2.05, 4.69) is 4.72 Å². The van der Waals surface area contributed by atoms with Crippen molar-refractivity contribution in [2.75, 3.05) is 13.1 Å². The Morgan fingerprint density at radius 3 is 2.21 bits per heavy atom. The molecule has 0 aliphatic heterocycles. The second kappa shape index (κ2) is 7.03. The quantitative estimate of drug-likeness (QED) is 0.765. The average molecular weight is 284 g/mol. The van der Waals surface area contributed by atoms with E-state index in [9.17, 15) is 8.42 Å². The lowest BCUT2D eigenvalue weighted by atomic mass is 9.83. The standard InChI is InChI=1S/C14H24N2O2S/c1-3-14(4-2,11-15)12-16-19(17,18)10-13-8-6-5-7-9-13/h5-9,16H,3-4,10-12,15H2,1-2H3. The van der Waals surface area contributed by atoms with Gasteiger partial charge in [0, 0.05) is 6.54 Å². The number of nitrogens with two attached hydrogens (primary N) is 1. The summed E-state index contributed by atoms with van der Waals surface area (Å²) in [4.78, 5) is 0. The van der Waals surface area contributed by atoms with Crippen LogP contribution in [0.15, 0.2) is 30.3 Å². The lowest BCUT2D eigenvalue weighted by Crippen LogP contribution is -2.42. The van der Waals surface area contributed by atoms with Crippen LogP contribution in [-0.2, 0) is 15.8 Å². The van der Waals surface area contributed by atoms with Crippen molar-refractivity contribution in [1.82, 2.24) is 4.72 Å². The highest BCUT2D eigenvalue weighted by Crippen LogP contribution is 2.24. The molecule has 0 fully saturated rings. The van der Waals surface area contributed by atoms with Gasteiger partial charge in [-0.25, -0.2) is 13.1 Å². The summed E-state index contributed by atoms with van der Waals surface area (Å²) in [5.41, 5.74) is 6.43. The van der Waals surface area contributed by atoms with Gasteiger partial charge in [-0.2, -0.15) is 0 Å². The maximum absolute atomic E-state index is 12.0. The predicted octanol–water partition coefficient (Wildman–Crippen LogP) is 1.87. The van der Waals surface area contributed by atoms with Crippen LogP contribution in [0.5, 0.6) is 0 Å². The predicted molar refractivity (Wildman–Crippen MR) is 79.1 cm³/mol. The SMILES string of the molecule is CCC(CC)(CN)CNS(=O)(=O)Cc1ccccc1. The van der Waals surface area contributed by atoms with Crippen LogP contribution in [0.2, 0.25) is 0 Å². The van der Waals surface area contributed by atoms with Crippen molar-refractivity contribution in [1.29, 1.82) is 0 Å². The lowest BCUT2D eigenvalue weighted by Gasteiger charge is -2.30. The van der Waals surface area contributed by atoms with E-state index in [-0.39, 0.29) is 11.2 Å². The van der Waals surface area contributed by atoms with Crippen molar-refractivity contribution in [2.24, 2.45) is 11.1 Å². The van der Waals surface area contributed by atoms with Gasteiger partial charge in [-0.1, -0.05) is 44.2 Å². The zero-order valence-electron chi connectivity index (χ0n) is 11.7. The van der Waals surface area contributed by atoms with E-state index in [1.807, 2.05) is 44.2 Å². The first-order valence-corrected chi connectivity index (χ1v) is 8.33. The van der Waals surface area contributed by atoms with Crippen molar-refractivity contribution < 1.29 is 8.42 Å². The van der Waals surface area contributed by atoms with Crippen molar-refractivity contribution in [3.05, 3.63) is 35.9 Å². The molecule has 0 spiro atoms. The van der Waals surface area contributed by atoms with Gasteiger partial charge in [0.25, 0.3) is 0 Å². The van der Waals surface area contributed by atoms with E-state index in [1.165, 1.54) is 0 Å². The highest BCUT2D eigenvalue weighted by Gasteiger charge is 2.26. The molecule has 0 saturated heterocycles. The number of hydrogen-bond donors (Lipinski definition) is 2. The second-order valence-corrected chi connectivity index (χ2v) is 6.78. The van der Waals surface area contributed by atoms with Crippen LogP contribution in [0, 0.1) is 5.41 Å². The molecule has 0 bridgehead atoms. The molecule has 0 aliphatic rings. The van der Waals surface area contributed by atoms with Gasteiger partial charge < -0.3 is 5.73 Å². The molecule has 1 aromatic carbocycles. The summed E-state index contributed by atoms with van der Waals surface area (Å²) >= 11 is 0. The van der Waals surface area contributed by atoms with E-state index in [0.717, 1.165) is 18.4 Å². The number of sulfonamides is 1. The van der Waals surface area contributed by atoms with Crippen LogP contribution in [0.1, 0.15) is 32.3 Å². The molecule has 0 aliphatic carbocycles. The molecule has 4 nitrogen and oxygen atoms in total. The summed E-state index contributed by atoms with van der Waals surface area (Å²) in [6.07, 6.45) is 1.74. The Kier molecular flexibility index (Phi) is 5.97. The van der Waals surface area contributed by atoms with Gasteiger partial charge in [0.05, 0.1) is 5.75 Å². The zero-order valence-corrected chi connectivity index (χ0v) is 12.5. The van der Waals surface area contributed by atoms with Crippen LogP contribution < -0.4 is 10.5 Å². The number of nitrogens with one attached hydrogen (secondary N) is 1. The van der Waals surface area contributed by atoms with Gasteiger partial charge in [0.15, 0.2) is 0 Å². The fraction of sp³-hybridized carbons (Fsp3) is 0.571. The molecule has 0 aromatic heterocycles. The first kappa shape index (κ1) is 16.1. The van der Waals surface area contributed by atoms with Crippen LogP contribution in [0.25, 0.3) is 0 Å². The lowest BCUT2D eigenvalue weighted by molar-refractivity contribution is 0.275. The monoisotopic (exact) mass is 284 g/mol. The fourth-order valence-electron chi connectivity index (χ4n) is 1.97. The minimum Gasteiger partial charge on any atom is -0.330 e. The van der Waals surface area contributed by atoms with Crippen LogP contribution in [0.3, 0.4) is 0 Å². The molecule has 0 radical (unpaired) electrons. The van der Waals surface area contributed by atoms with Gasteiger partial charge in [-0.3, -0.25) is 0 Å². The first-order chi connectivity index (χ1) is 8.97. The molecular formula is C14H24N2O2S. The Hall–Kier alpha value is -0.910. The maximum atomic E-state index is 12.0. The van der Waals surface area contributed by atoms with Crippen LogP contribution in [-0.4, -0.2) is 21.5 Å². The number of hydrogen-bond acceptors (Lipinski definition) is 3. The highest BCUT2D eigenvalue weighted by molar-refractivity contribution is 7.88. The maximum Gasteiger partial charge on any atom is 0.215 e. The van der Waals surface area contributed by atoms with E-state index >= 15 is 0 Å². The van der Waals surface area contributed by atoms with Crippen molar-refractivity contribution in [2.45, 2.75) is 32.4 Å². The molecule has 0 amide bonds. The summed E-state index contributed by atoms with van der Waals surface area (Å²) in [5, 5.41) is 0. The van der Waals surface area contributed by atoms with Crippen molar-refractivity contribution >= 4 is 10.0 Å². The van der Waals surface area contributed by atoms with Gasteiger partial charge in [0.1, 0.15) is 0 Å². The Morgan fingerprint density at radius 1 is 1.16 bits per heavy atom. The highest BCUT2D eigenvalue weighted by atomic mass is 32.2. The topological polar surface area (TPSA) is 72.2 Å². The first-order valence-electron chi connectivity index (χ1n) is 6.68. The summed E-state index contributed by atoms with van der Waals surface area (Å²) in [5.74, 6) is 0.0158. The minimum absolute atomic E-state index is 0.0158. The third-order valence-electron chi connectivity index (χ3n) is 3.80. The average Bonchev–Trinajstić information content (AvgIpc) is 2.41. The van der Waals surface area contributed by atoms with Crippen molar-refractivity contribution in [3.63, 3.8) is 0 Å². The number of benzene rings is 1. The Morgan fingerprint density at radius 2 is 1.74 bits per heavy atom. The normalized spacial score (nSPS) is 12.6. The molecule has 0 unspecified atom stereocenters. The van der Waals surface area contributed by atoms with Gasteiger partial charge >= 0.3 is 0 Å². The third-order valence-corrected chi connectivity index (χ3v) is 5.10. The molecular weight excluding hydrogens is 260 g/mol. The summed E-state index contributed by atoms with van der Waals surface area (Å²) in [6.45, 7) is 4.99. The molecule has 0 saturated carbocycles. The van der Waals surface area contributed by atoms with E-state index < -0.39 is 10.0 Å². The number of rotatable bonds is 8. The summed E-state index contributed by atoms with van der Waals surface area (Å²) < 4.78 is 26.8. The fourth-order valence-corrected chi connectivity index (χ4v) is 3.23. The molecule has 1 rings (SSSR count). The molecule has 0 heterocycles.